The molecule has 0 aliphatic carbocycles. The molecule has 1 aromatic rings. The highest BCUT2D eigenvalue weighted by atomic mass is 16.5. The smallest absolute Gasteiger partial charge is 0.122 e. The zero-order chi connectivity index (χ0) is 13.1. The van der Waals surface area contributed by atoms with Crippen LogP contribution in [0.4, 0.5) is 0 Å². The summed E-state index contributed by atoms with van der Waals surface area (Å²) in [6, 6.07) is 6.41. The van der Waals surface area contributed by atoms with Gasteiger partial charge in [0.15, 0.2) is 0 Å². The van der Waals surface area contributed by atoms with Gasteiger partial charge in [0.25, 0.3) is 0 Å². The summed E-state index contributed by atoms with van der Waals surface area (Å²) in [6.07, 6.45) is 1.23. The molecule has 1 rings (SSSR count). The van der Waals surface area contributed by atoms with Gasteiger partial charge in [0, 0.05) is 0 Å². The molecule has 0 unspecified atom stereocenters. The minimum atomic E-state index is 0.160. The predicted octanol–water partition coefficient (Wildman–Crippen LogP) is 3.31. The molecule has 2 nitrogen and oxygen atoms in total. The minimum Gasteiger partial charge on any atom is -0.491 e. The van der Waals surface area contributed by atoms with Crippen molar-refractivity contribution in [1.29, 1.82) is 0 Å². The standard InChI is InChI=1S/C15H25NO/c1-11(2)17-14-7-6-13(8-12(14)3)9-15(4,5)10-16/h6-8,11H,9-10,16H2,1-5H3. The highest BCUT2D eigenvalue weighted by Gasteiger charge is 2.16. The molecule has 0 fully saturated rings. The molecule has 0 spiro atoms. The summed E-state index contributed by atoms with van der Waals surface area (Å²) in [6.45, 7) is 11.3. The first-order chi connectivity index (χ1) is 7.84. The Labute approximate surface area is 105 Å². The van der Waals surface area contributed by atoms with Crippen molar-refractivity contribution >= 4 is 0 Å². The molecule has 96 valence electrons. The van der Waals surface area contributed by atoms with Crippen molar-refractivity contribution in [1.82, 2.24) is 0 Å². The van der Waals surface area contributed by atoms with Crippen LogP contribution in [-0.2, 0) is 6.42 Å². The SMILES string of the molecule is Cc1cc(CC(C)(C)CN)ccc1OC(C)C. The maximum atomic E-state index is 5.76. The predicted molar refractivity (Wildman–Crippen MR) is 73.5 cm³/mol. The first-order valence-electron chi connectivity index (χ1n) is 6.30. The quantitative estimate of drug-likeness (QED) is 0.849. The highest BCUT2D eigenvalue weighted by Crippen LogP contribution is 2.25. The van der Waals surface area contributed by atoms with E-state index in [1.54, 1.807) is 0 Å². The van der Waals surface area contributed by atoms with E-state index in [0.29, 0.717) is 6.54 Å². The van der Waals surface area contributed by atoms with E-state index in [0.717, 1.165) is 12.2 Å². The molecule has 0 bridgehead atoms. The third-order valence-electron chi connectivity index (χ3n) is 2.84. The molecule has 1 aromatic carbocycles. The van der Waals surface area contributed by atoms with Crippen LogP contribution in [0.15, 0.2) is 18.2 Å². The zero-order valence-electron chi connectivity index (χ0n) is 11.7. The lowest BCUT2D eigenvalue weighted by molar-refractivity contribution is 0.240. The molecule has 0 atom stereocenters. The maximum Gasteiger partial charge on any atom is 0.122 e. The second kappa shape index (κ2) is 5.54. The molecule has 17 heavy (non-hydrogen) atoms. The van der Waals surface area contributed by atoms with E-state index in [1.807, 2.05) is 13.8 Å². The van der Waals surface area contributed by atoms with Crippen LogP contribution in [0, 0.1) is 12.3 Å². The van der Waals surface area contributed by atoms with Crippen LogP contribution in [0.1, 0.15) is 38.8 Å². The van der Waals surface area contributed by atoms with Crippen molar-refractivity contribution in [3.05, 3.63) is 29.3 Å². The van der Waals surface area contributed by atoms with Crippen molar-refractivity contribution < 1.29 is 4.74 Å². The molecule has 0 saturated heterocycles. The monoisotopic (exact) mass is 235 g/mol. The van der Waals surface area contributed by atoms with E-state index in [-0.39, 0.29) is 11.5 Å². The van der Waals surface area contributed by atoms with Gasteiger partial charge in [-0.25, -0.2) is 0 Å². The van der Waals surface area contributed by atoms with Crippen LogP contribution < -0.4 is 10.5 Å². The van der Waals surface area contributed by atoms with Gasteiger partial charge in [-0.3, -0.25) is 0 Å². The van der Waals surface area contributed by atoms with Crippen LogP contribution in [0.5, 0.6) is 5.75 Å². The third kappa shape index (κ3) is 4.39. The normalized spacial score (nSPS) is 11.9. The summed E-state index contributed by atoms with van der Waals surface area (Å²) in [5, 5.41) is 0. The van der Waals surface area contributed by atoms with Gasteiger partial charge in [0.2, 0.25) is 0 Å². The van der Waals surface area contributed by atoms with E-state index in [9.17, 15) is 0 Å². The molecular weight excluding hydrogens is 210 g/mol. The molecule has 0 aromatic heterocycles. The maximum absolute atomic E-state index is 5.76. The summed E-state index contributed by atoms with van der Waals surface area (Å²) in [5.74, 6) is 0.981. The van der Waals surface area contributed by atoms with Crippen molar-refractivity contribution in [2.45, 2.75) is 47.1 Å². The lowest BCUT2D eigenvalue weighted by atomic mass is 9.85. The number of benzene rings is 1. The van der Waals surface area contributed by atoms with Crippen molar-refractivity contribution in [2.75, 3.05) is 6.54 Å². The fourth-order valence-electron chi connectivity index (χ4n) is 1.83. The summed E-state index contributed by atoms with van der Waals surface area (Å²) in [4.78, 5) is 0. The largest absolute Gasteiger partial charge is 0.491 e. The number of ether oxygens (including phenoxy) is 1. The van der Waals surface area contributed by atoms with Gasteiger partial charge in [-0.15, -0.1) is 0 Å². The molecule has 0 aliphatic rings. The minimum absolute atomic E-state index is 0.160. The molecular formula is C15H25NO. The van der Waals surface area contributed by atoms with Crippen LogP contribution in [-0.4, -0.2) is 12.6 Å². The number of hydrogen-bond donors (Lipinski definition) is 1. The van der Waals surface area contributed by atoms with Crippen molar-refractivity contribution in [2.24, 2.45) is 11.1 Å². The summed E-state index contributed by atoms with van der Waals surface area (Å²) in [7, 11) is 0. The van der Waals surface area contributed by atoms with Gasteiger partial charge < -0.3 is 10.5 Å². The lowest BCUT2D eigenvalue weighted by Gasteiger charge is -2.23. The zero-order valence-corrected chi connectivity index (χ0v) is 11.7. The number of nitrogens with two attached hydrogens (primary N) is 1. The van der Waals surface area contributed by atoms with Crippen molar-refractivity contribution in [3.63, 3.8) is 0 Å². The number of aryl methyl sites for hydroxylation is 1. The summed E-state index contributed by atoms with van der Waals surface area (Å²) < 4.78 is 5.73. The molecule has 2 N–H and O–H groups in total. The molecule has 0 amide bonds. The van der Waals surface area contributed by atoms with Gasteiger partial charge in [-0.1, -0.05) is 26.0 Å². The molecule has 2 heteroatoms. The number of rotatable bonds is 5. The van der Waals surface area contributed by atoms with E-state index in [1.165, 1.54) is 11.1 Å². The second-order valence-corrected chi connectivity index (χ2v) is 5.81. The van der Waals surface area contributed by atoms with Gasteiger partial charge in [0.1, 0.15) is 5.75 Å². The second-order valence-electron chi connectivity index (χ2n) is 5.81. The Hall–Kier alpha value is -1.02. The Bertz CT molecular complexity index is 369. The fourth-order valence-corrected chi connectivity index (χ4v) is 1.83. The van der Waals surface area contributed by atoms with E-state index in [4.69, 9.17) is 10.5 Å². The van der Waals surface area contributed by atoms with Gasteiger partial charge in [-0.05, 0) is 56.3 Å². The Morgan fingerprint density at radius 1 is 1.29 bits per heavy atom. The van der Waals surface area contributed by atoms with Gasteiger partial charge in [-0.2, -0.15) is 0 Å². The first-order valence-corrected chi connectivity index (χ1v) is 6.30. The molecule has 0 saturated carbocycles. The Balaban J connectivity index is 2.82. The van der Waals surface area contributed by atoms with Crippen molar-refractivity contribution in [3.8, 4) is 5.75 Å². The van der Waals surface area contributed by atoms with E-state index >= 15 is 0 Å². The molecule has 0 radical (unpaired) electrons. The Morgan fingerprint density at radius 2 is 1.94 bits per heavy atom. The Kier molecular flexibility index (Phi) is 4.58. The van der Waals surface area contributed by atoms with Gasteiger partial charge >= 0.3 is 0 Å². The average molecular weight is 235 g/mol. The molecule has 0 heterocycles. The lowest BCUT2D eigenvalue weighted by Crippen LogP contribution is -2.25. The summed E-state index contributed by atoms with van der Waals surface area (Å²) in [5.41, 5.74) is 8.45. The summed E-state index contributed by atoms with van der Waals surface area (Å²) >= 11 is 0. The van der Waals surface area contributed by atoms with Crippen LogP contribution in [0.25, 0.3) is 0 Å². The third-order valence-corrected chi connectivity index (χ3v) is 2.84. The van der Waals surface area contributed by atoms with Gasteiger partial charge in [0.05, 0.1) is 6.10 Å². The number of hydrogen-bond acceptors (Lipinski definition) is 2. The van der Waals surface area contributed by atoms with E-state index < -0.39 is 0 Å². The Morgan fingerprint density at radius 3 is 2.41 bits per heavy atom. The fraction of sp³-hybridized carbons (Fsp3) is 0.600. The van der Waals surface area contributed by atoms with E-state index in [2.05, 4.69) is 39.0 Å². The highest BCUT2D eigenvalue weighted by molar-refractivity contribution is 5.36. The first kappa shape index (κ1) is 14.0. The van der Waals surface area contributed by atoms with Crippen LogP contribution in [0.2, 0.25) is 0 Å². The van der Waals surface area contributed by atoms with Crippen LogP contribution >= 0.6 is 0 Å². The van der Waals surface area contributed by atoms with Crippen LogP contribution in [0.3, 0.4) is 0 Å². The molecule has 0 aliphatic heterocycles. The topological polar surface area (TPSA) is 35.2 Å². The average Bonchev–Trinajstić information content (AvgIpc) is 2.21.